The van der Waals surface area contributed by atoms with Gasteiger partial charge in [-0.2, -0.15) is 0 Å². The van der Waals surface area contributed by atoms with Crippen LogP contribution in [0.1, 0.15) is 58.2 Å². The molecule has 45 heavy (non-hydrogen) atoms. The van der Waals surface area contributed by atoms with Crippen LogP contribution in [0.15, 0.2) is 91.0 Å². The Hall–Kier alpha value is -2.04. The minimum absolute atomic E-state index is 0.00170. The monoisotopic (exact) mass is 646 g/mol. The van der Waals surface area contributed by atoms with Crippen molar-refractivity contribution in [2.24, 2.45) is 0 Å². The fourth-order valence-corrected chi connectivity index (χ4v) is 8.37. The minimum atomic E-state index is -2.35. The molecule has 3 aromatic rings. The number of ether oxygens (including phenoxy) is 2. The molecule has 0 amide bonds. The highest BCUT2D eigenvalue weighted by atomic mass is 28.4. The molecule has 1 unspecified atom stereocenters. The van der Waals surface area contributed by atoms with Crippen LogP contribution >= 0.6 is 0 Å². The third-order valence-corrected chi connectivity index (χ3v) is 19.4. The van der Waals surface area contributed by atoms with Gasteiger partial charge in [-0.3, -0.25) is 0 Å². The zero-order chi connectivity index (χ0) is 33.3. The molecule has 0 radical (unpaired) electrons. The standard InChI is InChI=1S/C37H55BO5Si2/c1-34(2,3)44(7,8)42-31-32(43-45(9,10)35(4,5)6)36(26-39,41-33(31)38)27-40-37(28-20-14-11-15-21-28,29-22-16-12-17-23-29)30-24-18-13-19-25-30/h11-25,31-33,39H,26-27,38H2,1-10H3/t31?,32-,33+,36-/m0/s1. The molecule has 5 nitrogen and oxygen atoms in total. The van der Waals surface area contributed by atoms with E-state index in [1.807, 2.05) is 54.6 Å². The van der Waals surface area contributed by atoms with Gasteiger partial charge in [-0.05, 0) is 53.0 Å². The lowest BCUT2D eigenvalue weighted by molar-refractivity contribution is -0.157. The molecule has 0 spiro atoms. The zero-order valence-electron chi connectivity index (χ0n) is 29.4. The third-order valence-electron chi connectivity index (χ3n) is 10.5. The fourth-order valence-electron chi connectivity index (χ4n) is 5.68. The summed E-state index contributed by atoms with van der Waals surface area (Å²) in [6.07, 6.45) is -0.872. The van der Waals surface area contributed by atoms with Crippen LogP contribution in [0.3, 0.4) is 0 Å². The van der Waals surface area contributed by atoms with Crippen LogP contribution in [0.5, 0.6) is 0 Å². The summed E-state index contributed by atoms with van der Waals surface area (Å²) in [6, 6.07) is 30.7. The predicted octanol–water partition coefficient (Wildman–Crippen LogP) is 7.50. The van der Waals surface area contributed by atoms with Crippen molar-refractivity contribution in [3.63, 3.8) is 0 Å². The number of aliphatic hydroxyl groups is 1. The summed E-state index contributed by atoms with van der Waals surface area (Å²) in [5, 5.41) is 11.3. The van der Waals surface area contributed by atoms with E-state index in [0.717, 1.165) is 16.7 Å². The van der Waals surface area contributed by atoms with E-state index < -0.39 is 33.9 Å². The molecule has 1 heterocycles. The molecule has 244 valence electrons. The lowest BCUT2D eigenvalue weighted by Gasteiger charge is -2.47. The first-order valence-corrected chi connectivity index (χ1v) is 22.2. The van der Waals surface area contributed by atoms with Gasteiger partial charge < -0.3 is 23.4 Å². The van der Waals surface area contributed by atoms with E-state index in [4.69, 9.17) is 18.3 Å². The van der Waals surface area contributed by atoms with Gasteiger partial charge in [0.2, 0.25) is 0 Å². The van der Waals surface area contributed by atoms with Crippen LogP contribution in [0, 0.1) is 0 Å². The summed E-state index contributed by atoms with van der Waals surface area (Å²) in [4.78, 5) is 0. The quantitative estimate of drug-likeness (QED) is 0.173. The maximum absolute atomic E-state index is 11.4. The Morgan fingerprint density at radius 2 is 1.07 bits per heavy atom. The molecule has 1 aliphatic heterocycles. The molecule has 0 saturated carbocycles. The van der Waals surface area contributed by atoms with Crippen LogP contribution in [0.2, 0.25) is 36.3 Å². The maximum atomic E-state index is 11.4. The highest BCUT2D eigenvalue weighted by molar-refractivity contribution is 6.74. The smallest absolute Gasteiger partial charge is 0.192 e. The van der Waals surface area contributed by atoms with E-state index in [1.165, 1.54) is 0 Å². The van der Waals surface area contributed by atoms with E-state index in [-0.39, 0.29) is 35.4 Å². The maximum Gasteiger partial charge on any atom is 0.192 e. The van der Waals surface area contributed by atoms with E-state index in [1.54, 1.807) is 0 Å². The normalized spacial score (nSPS) is 23.3. The third kappa shape index (κ3) is 7.13. The van der Waals surface area contributed by atoms with Crippen LogP contribution in [0.4, 0.5) is 0 Å². The second kappa shape index (κ2) is 13.2. The van der Waals surface area contributed by atoms with E-state index in [9.17, 15) is 5.11 Å². The van der Waals surface area contributed by atoms with Crippen molar-refractivity contribution in [2.75, 3.05) is 13.2 Å². The molecular formula is C37H55BO5Si2. The molecule has 0 aliphatic carbocycles. The lowest BCUT2D eigenvalue weighted by atomic mass is 9.79. The lowest BCUT2D eigenvalue weighted by Crippen LogP contribution is -2.60. The Morgan fingerprint density at radius 1 is 0.689 bits per heavy atom. The van der Waals surface area contributed by atoms with Gasteiger partial charge in [-0.15, -0.1) is 0 Å². The highest BCUT2D eigenvalue weighted by Crippen LogP contribution is 2.48. The molecule has 4 atom stereocenters. The van der Waals surface area contributed by atoms with Gasteiger partial charge in [0.05, 0.1) is 25.3 Å². The molecule has 1 fully saturated rings. The predicted molar refractivity (Wildman–Crippen MR) is 193 cm³/mol. The average Bonchev–Trinajstić information content (AvgIpc) is 3.23. The number of rotatable bonds is 11. The van der Waals surface area contributed by atoms with Crippen LogP contribution in [-0.4, -0.2) is 66.6 Å². The van der Waals surface area contributed by atoms with Gasteiger partial charge in [0, 0.05) is 0 Å². The summed E-state index contributed by atoms with van der Waals surface area (Å²) in [5.74, 6) is 0. The summed E-state index contributed by atoms with van der Waals surface area (Å²) >= 11 is 0. The van der Waals surface area contributed by atoms with E-state index >= 15 is 0 Å². The first-order chi connectivity index (χ1) is 20.9. The van der Waals surface area contributed by atoms with Crippen molar-refractivity contribution in [1.82, 2.24) is 0 Å². The molecule has 1 N–H and O–H groups in total. The van der Waals surface area contributed by atoms with Crippen LogP contribution in [-0.2, 0) is 23.9 Å². The molecule has 8 heteroatoms. The average molecular weight is 647 g/mol. The molecular weight excluding hydrogens is 591 g/mol. The number of hydrogen-bond donors (Lipinski definition) is 1. The topological polar surface area (TPSA) is 57.2 Å². The summed E-state index contributed by atoms with van der Waals surface area (Å²) in [7, 11) is -2.53. The van der Waals surface area contributed by atoms with E-state index in [0.29, 0.717) is 0 Å². The Labute approximate surface area is 275 Å². The van der Waals surface area contributed by atoms with Crippen molar-refractivity contribution in [3.05, 3.63) is 108 Å². The Bertz CT molecular complexity index is 1280. The zero-order valence-corrected chi connectivity index (χ0v) is 31.4. The SMILES string of the molecule is B[C@@H]1O[C@@](CO)(COC(c2ccccc2)(c2ccccc2)c2ccccc2)[C@@H](O[Si](C)(C)C(C)(C)C)C1O[Si](C)(C)C(C)(C)C. The van der Waals surface area contributed by atoms with Crippen molar-refractivity contribution in [2.45, 2.75) is 107 Å². The van der Waals surface area contributed by atoms with Gasteiger partial charge in [-0.1, -0.05) is 133 Å². The second-order valence-electron chi connectivity index (χ2n) is 15.8. The Kier molecular flexibility index (Phi) is 10.5. The first-order valence-electron chi connectivity index (χ1n) is 16.4. The summed E-state index contributed by atoms with van der Waals surface area (Å²) in [6.45, 7) is 22.4. The van der Waals surface area contributed by atoms with Gasteiger partial charge >= 0.3 is 0 Å². The molecule has 1 aliphatic rings. The highest BCUT2D eigenvalue weighted by Gasteiger charge is 2.60. The van der Waals surface area contributed by atoms with Gasteiger partial charge in [0.1, 0.15) is 25.2 Å². The van der Waals surface area contributed by atoms with Gasteiger partial charge in [-0.25, -0.2) is 0 Å². The largest absolute Gasteiger partial charge is 0.409 e. The van der Waals surface area contributed by atoms with Gasteiger partial charge in [0.25, 0.3) is 0 Å². The van der Waals surface area contributed by atoms with E-state index in [2.05, 4.69) is 112 Å². The number of hydrogen-bond acceptors (Lipinski definition) is 5. The molecule has 0 aromatic heterocycles. The molecule has 1 saturated heterocycles. The Balaban J connectivity index is 1.87. The summed E-state index contributed by atoms with van der Waals surface area (Å²) in [5.41, 5.74) is 0.886. The molecule has 4 rings (SSSR count). The number of aliphatic hydroxyl groups excluding tert-OH is 1. The summed E-state index contributed by atoms with van der Waals surface area (Å²) < 4.78 is 28.6. The van der Waals surface area contributed by atoms with Crippen molar-refractivity contribution in [3.8, 4) is 0 Å². The minimum Gasteiger partial charge on any atom is -0.409 e. The second-order valence-corrected chi connectivity index (χ2v) is 25.3. The van der Waals surface area contributed by atoms with Crippen LogP contribution < -0.4 is 0 Å². The van der Waals surface area contributed by atoms with Crippen molar-refractivity contribution in [1.29, 1.82) is 0 Å². The number of benzene rings is 3. The first kappa shape index (κ1) is 35.8. The van der Waals surface area contributed by atoms with Crippen molar-refractivity contribution < 1.29 is 23.4 Å². The van der Waals surface area contributed by atoms with Crippen molar-refractivity contribution >= 4 is 24.5 Å². The van der Waals surface area contributed by atoms with Gasteiger partial charge in [0.15, 0.2) is 16.6 Å². The Morgan fingerprint density at radius 3 is 1.42 bits per heavy atom. The fraction of sp³-hybridized carbons (Fsp3) is 0.514. The van der Waals surface area contributed by atoms with Crippen LogP contribution in [0.25, 0.3) is 0 Å². The molecule has 0 bridgehead atoms. The molecule has 3 aromatic carbocycles.